The quantitative estimate of drug-likeness (QED) is 0.821. The van der Waals surface area contributed by atoms with E-state index in [1.807, 2.05) is 32.0 Å². The number of nitrogens with two attached hydrogens (primary N) is 1. The van der Waals surface area contributed by atoms with Gasteiger partial charge in [0.1, 0.15) is 5.75 Å². The summed E-state index contributed by atoms with van der Waals surface area (Å²) in [4.78, 5) is 11.8. The van der Waals surface area contributed by atoms with E-state index in [1.54, 1.807) is 7.11 Å². The molecule has 0 radical (unpaired) electrons. The standard InChI is InChI=1S/C13H20N2O2/c1-4-10(8-14)13(16)15-11-5-6-12(17-3)9(2)7-11/h5-7,10H,4,8,14H2,1-3H3,(H,15,16). The number of ether oxygens (including phenoxy) is 1. The van der Waals surface area contributed by atoms with Gasteiger partial charge in [-0.25, -0.2) is 0 Å². The first-order valence-corrected chi connectivity index (χ1v) is 5.78. The number of anilines is 1. The number of carbonyl (C=O) groups excluding carboxylic acids is 1. The Morgan fingerprint density at radius 2 is 2.24 bits per heavy atom. The zero-order chi connectivity index (χ0) is 12.8. The fraction of sp³-hybridized carbons (Fsp3) is 0.462. The normalized spacial score (nSPS) is 12.0. The van der Waals surface area contributed by atoms with Crippen molar-refractivity contribution < 1.29 is 9.53 Å². The molecule has 4 heteroatoms. The van der Waals surface area contributed by atoms with Crippen LogP contribution >= 0.6 is 0 Å². The molecule has 1 unspecified atom stereocenters. The second kappa shape index (κ2) is 6.25. The minimum absolute atomic E-state index is 0.0282. The molecule has 0 saturated carbocycles. The Morgan fingerprint density at radius 3 is 2.71 bits per heavy atom. The molecule has 94 valence electrons. The number of nitrogens with one attached hydrogen (secondary N) is 1. The lowest BCUT2D eigenvalue weighted by atomic mass is 10.1. The lowest BCUT2D eigenvalue weighted by Gasteiger charge is -2.13. The van der Waals surface area contributed by atoms with Crippen LogP contribution < -0.4 is 15.8 Å². The largest absolute Gasteiger partial charge is 0.496 e. The minimum atomic E-state index is -0.127. The second-order valence-electron chi connectivity index (χ2n) is 4.01. The number of methoxy groups -OCH3 is 1. The summed E-state index contributed by atoms with van der Waals surface area (Å²) in [7, 11) is 1.63. The van der Waals surface area contributed by atoms with Crippen LogP contribution in [0.4, 0.5) is 5.69 Å². The van der Waals surface area contributed by atoms with Crippen LogP contribution in [0.2, 0.25) is 0 Å². The lowest BCUT2D eigenvalue weighted by Crippen LogP contribution is -2.28. The number of aryl methyl sites for hydroxylation is 1. The number of rotatable bonds is 5. The molecular weight excluding hydrogens is 216 g/mol. The van der Waals surface area contributed by atoms with Gasteiger partial charge in [-0.2, -0.15) is 0 Å². The monoisotopic (exact) mass is 236 g/mol. The molecule has 1 amide bonds. The molecule has 0 heterocycles. The average Bonchev–Trinajstić information content (AvgIpc) is 2.31. The van der Waals surface area contributed by atoms with Crippen molar-refractivity contribution >= 4 is 11.6 Å². The van der Waals surface area contributed by atoms with E-state index in [1.165, 1.54) is 0 Å². The molecule has 0 saturated heterocycles. The van der Waals surface area contributed by atoms with Crippen molar-refractivity contribution in [1.29, 1.82) is 0 Å². The molecule has 1 atom stereocenters. The third-order valence-electron chi connectivity index (χ3n) is 2.81. The van der Waals surface area contributed by atoms with Crippen molar-refractivity contribution in [2.75, 3.05) is 19.0 Å². The molecule has 0 aromatic heterocycles. The maximum Gasteiger partial charge on any atom is 0.228 e. The molecule has 0 aliphatic heterocycles. The fourth-order valence-corrected chi connectivity index (χ4v) is 1.66. The number of hydrogen-bond donors (Lipinski definition) is 2. The molecule has 0 aliphatic carbocycles. The van der Waals surface area contributed by atoms with Crippen molar-refractivity contribution in [2.45, 2.75) is 20.3 Å². The predicted molar refractivity (Wildman–Crippen MR) is 69.2 cm³/mol. The summed E-state index contributed by atoms with van der Waals surface area (Å²) in [5.74, 6) is 0.658. The minimum Gasteiger partial charge on any atom is -0.496 e. The first-order chi connectivity index (χ1) is 8.12. The van der Waals surface area contributed by atoms with Crippen LogP contribution in [-0.4, -0.2) is 19.6 Å². The van der Waals surface area contributed by atoms with E-state index in [4.69, 9.17) is 10.5 Å². The molecule has 0 fully saturated rings. The van der Waals surface area contributed by atoms with Gasteiger partial charge < -0.3 is 15.8 Å². The summed E-state index contributed by atoms with van der Waals surface area (Å²) in [6.45, 7) is 4.27. The van der Waals surface area contributed by atoms with Gasteiger partial charge in [0.2, 0.25) is 5.91 Å². The van der Waals surface area contributed by atoms with E-state index in [0.717, 1.165) is 23.4 Å². The van der Waals surface area contributed by atoms with Crippen LogP contribution in [0.3, 0.4) is 0 Å². The maximum absolute atomic E-state index is 11.8. The Labute approximate surface area is 102 Å². The van der Waals surface area contributed by atoms with Gasteiger partial charge in [-0.3, -0.25) is 4.79 Å². The van der Waals surface area contributed by atoms with Gasteiger partial charge in [0.25, 0.3) is 0 Å². The zero-order valence-electron chi connectivity index (χ0n) is 10.6. The molecule has 3 N–H and O–H groups in total. The Bertz CT molecular complexity index is 387. The van der Waals surface area contributed by atoms with Gasteiger partial charge in [-0.1, -0.05) is 6.92 Å². The fourth-order valence-electron chi connectivity index (χ4n) is 1.66. The highest BCUT2D eigenvalue weighted by atomic mass is 16.5. The number of carbonyl (C=O) groups is 1. The van der Waals surface area contributed by atoms with E-state index in [9.17, 15) is 4.79 Å². The molecule has 0 spiro atoms. The molecule has 1 aromatic carbocycles. The van der Waals surface area contributed by atoms with Crippen molar-refractivity contribution in [1.82, 2.24) is 0 Å². The second-order valence-corrected chi connectivity index (χ2v) is 4.01. The Morgan fingerprint density at radius 1 is 1.53 bits per heavy atom. The Kier molecular flexibility index (Phi) is 4.97. The first kappa shape index (κ1) is 13.5. The van der Waals surface area contributed by atoms with Gasteiger partial charge in [0.05, 0.1) is 13.0 Å². The highest BCUT2D eigenvalue weighted by Crippen LogP contribution is 2.21. The Hall–Kier alpha value is -1.55. The van der Waals surface area contributed by atoms with Crippen molar-refractivity contribution in [3.63, 3.8) is 0 Å². The highest BCUT2D eigenvalue weighted by molar-refractivity contribution is 5.92. The van der Waals surface area contributed by atoms with Crippen molar-refractivity contribution in [3.05, 3.63) is 23.8 Å². The summed E-state index contributed by atoms with van der Waals surface area (Å²) < 4.78 is 5.16. The van der Waals surface area contributed by atoms with E-state index >= 15 is 0 Å². The topological polar surface area (TPSA) is 64.4 Å². The predicted octanol–water partition coefficient (Wildman–Crippen LogP) is 1.93. The van der Waals surface area contributed by atoms with Gasteiger partial charge in [0.15, 0.2) is 0 Å². The van der Waals surface area contributed by atoms with Crippen LogP contribution in [-0.2, 0) is 4.79 Å². The first-order valence-electron chi connectivity index (χ1n) is 5.78. The van der Waals surface area contributed by atoms with Crippen molar-refractivity contribution in [2.24, 2.45) is 11.7 Å². The molecular formula is C13H20N2O2. The van der Waals surface area contributed by atoms with Gasteiger partial charge in [-0.05, 0) is 37.1 Å². The van der Waals surface area contributed by atoms with Gasteiger partial charge in [-0.15, -0.1) is 0 Å². The maximum atomic E-state index is 11.8. The van der Waals surface area contributed by atoms with Crippen LogP contribution in [0.25, 0.3) is 0 Å². The van der Waals surface area contributed by atoms with Crippen LogP contribution in [0.15, 0.2) is 18.2 Å². The van der Waals surface area contributed by atoms with Gasteiger partial charge in [0, 0.05) is 12.2 Å². The molecule has 17 heavy (non-hydrogen) atoms. The number of hydrogen-bond acceptors (Lipinski definition) is 3. The van der Waals surface area contributed by atoms with Crippen LogP contribution in [0.5, 0.6) is 5.75 Å². The molecule has 0 aliphatic rings. The number of amides is 1. The third-order valence-corrected chi connectivity index (χ3v) is 2.81. The Balaban J connectivity index is 2.75. The summed E-state index contributed by atoms with van der Waals surface area (Å²) >= 11 is 0. The summed E-state index contributed by atoms with van der Waals surface area (Å²) in [5, 5.41) is 2.86. The average molecular weight is 236 g/mol. The van der Waals surface area contributed by atoms with E-state index in [2.05, 4.69) is 5.32 Å². The van der Waals surface area contributed by atoms with E-state index < -0.39 is 0 Å². The number of benzene rings is 1. The summed E-state index contributed by atoms with van der Waals surface area (Å²) in [5.41, 5.74) is 7.30. The third kappa shape index (κ3) is 3.46. The van der Waals surface area contributed by atoms with E-state index in [0.29, 0.717) is 6.54 Å². The van der Waals surface area contributed by atoms with Crippen LogP contribution in [0.1, 0.15) is 18.9 Å². The van der Waals surface area contributed by atoms with Crippen molar-refractivity contribution in [3.8, 4) is 5.75 Å². The van der Waals surface area contributed by atoms with Crippen LogP contribution in [0, 0.1) is 12.8 Å². The van der Waals surface area contributed by atoms with E-state index in [-0.39, 0.29) is 11.8 Å². The molecule has 1 rings (SSSR count). The van der Waals surface area contributed by atoms with Gasteiger partial charge >= 0.3 is 0 Å². The lowest BCUT2D eigenvalue weighted by molar-refractivity contribution is -0.119. The molecule has 4 nitrogen and oxygen atoms in total. The highest BCUT2D eigenvalue weighted by Gasteiger charge is 2.14. The molecule has 1 aromatic rings. The smallest absolute Gasteiger partial charge is 0.228 e. The summed E-state index contributed by atoms with van der Waals surface area (Å²) in [6.07, 6.45) is 0.747. The zero-order valence-corrected chi connectivity index (χ0v) is 10.6. The SMILES string of the molecule is CCC(CN)C(=O)Nc1ccc(OC)c(C)c1. The summed E-state index contributed by atoms with van der Waals surface area (Å²) in [6, 6.07) is 5.56. The molecule has 0 bridgehead atoms.